The minimum absolute atomic E-state index is 0.0297. The molecule has 0 radical (unpaired) electrons. The van der Waals surface area contributed by atoms with Crippen LogP contribution in [0, 0.1) is 57.7 Å². The maximum Gasteiger partial charge on any atom is 0.303 e. The quantitative estimate of drug-likeness (QED) is 0.469. The van der Waals surface area contributed by atoms with Gasteiger partial charge in [-0.3, -0.25) is 4.79 Å². The summed E-state index contributed by atoms with van der Waals surface area (Å²) in [6.45, 7) is 16.3. The van der Waals surface area contributed by atoms with Crippen molar-refractivity contribution >= 4 is 5.97 Å². The third-order valence-corrected chi connectivity index (χ3v) is 11.7. The monoisotopic (exact) mass is 462 g/mol. The minimum atomic E-state index is -0.754. The van der Waals surface area contributed by atoms with Gasteiger partial charge in [0, 0.05) is 6.42 Å². The molecule has 0 aliphatic heterocycles. The lowest BCUT2D eigenvalue weighted by Crippen LogP contribution is -2.69. The summed E-state index contributed by atoms with van der Waals surface area (Å²) in [5.41, 5.74) is -0.422. The average molecular weight is 463 g/mol. The van der Waals surface area contributed by atoms with Gasteiger partial charge in [0.25, 0.3) is 0 Å². The van der Waals surface area contributed by atoms with Gasteiger partial charge in [-0.1, -0.05) is 41.5 Å². The summed E-state index contributed by atoms with van der Waals surface area (Å²) in [6, 6.07) is 0. The molecule has 0 aromatic heterocycles. The van der Waals surface area contributed by atoms with Crippen LogP contribution in [-0.2, 0) is 4.79 Å². The smallest absolute Gasteiger partial charge is 0.303 e. The second-order valence-corrected chi connectivity index (χ2v) is 14.5. The Morgan fingerprint density at radius 1 is 0.970 bits per heavy atom. The maximum absolute atomic E-state index is 12.5. The number of carboxylic acid groups (broad SMARTS) is 1. The first-order chi connectivity index (χ1) is 15.1. The van der Waals surface area contributed by atoms with Crippen LogP contribution in [0.4, 0.5) is 0 Å². The van der Waals surface area contributed by atoms with Crippen molar-refractivity contribution in [3.8, 4) is 0 Å². The predicted molar refractivity (Wildman–Crippen MR) is 132 cm³/mol. The van der Waals surface area contributed by atoms with Crippen molar-refractivity contribution in [3.05, 3.63) is 0 Å². The van der Waals surface area contributed by atoms with Crippen LogP contribution in [-0.4, -0.2) is 33.0 Å². The number of hydrogen-bond donors (Lipinski definition) is 3. The number of hydrogen-bond acceptors (Lipinski definition) is 3. The summed E-state index contributed by atoms with van der Waals surface area (Å²) >= 11 is 0. The van der Waals surface area contributed by atoms with Crippen LogP contribution in [0.15, 0.2) is 0 Å². The molecule has 0 spiro atoms. The van der Waals surface area contributed by atoms with Gasteiger partial charge in [-0.25, -0.2) is 0 Å². The van der Waals surface area contributed by atoms with Crippen molar-refractivity contribution < 1.29 is 20.1 Å². The van der Waals surface area contributed by atoms with E-state index in [1.807, 2.05) is 0 Å². The molecule has 4 heteroatoms. The van der Waals surface area contributed by atoms with Gasteiger partial charge in [0.05, 0.1) is 11.7 Å². The van der Waals surface area contributed by atoms with Crippen molar-refractivity contribution in [3.63, 3.8) is 0 Å². The van der Waals surface area contributed by atoms with E-state index in [0.717, 1.165) is 38.5 Å². The fourth-order valence-electron chi connectivity index (χ4n) is 10.6. The highest BCUT2D eigenvalue weighted by Gasteiger charge is 2.69. The van der Waals surface area contributed by atoms with Crippen LogP contribution >= 0.6 is 0 Å². The Kier molecular flexibility index (Phi) is 6.35. The molecule has 4 aliphatic carbocycles. The Hall–Kier alpha value is -0.610. The summed E-state index contributed by atoms with van der Waals surface area (Å²) in [4.78, 5) is 11.2. The van der Waals surface area contributed by atoms with Crippen molar-refractivity contribution in [1.82, 2.24) is 0 Å². The lowest BCUT2D eigenvalue weighted by atomic mass is 9.37. The van der Waals surface area contributed by atoms with E-state index >= 15 is 0 Å². The first-order valence-corrected chi connectivity index (χ1v) is 13.8. The highest BCUT2D eigenvalue weighted by Crippen LogP contribution is 2.72. The molecule has 4 saturated carbocycles. The van der Waals surface area contributed by atoms with Crippen LogP contribution in [0.5, 0.6) is 0 Å². The molecule has 190 valence electrons. The molecule has 0 aromatic rings. The van der Waals surface area contributed by atoms with Gasteiger partial charge in [0.1, 0.15) is 0 Å². The second kappa shape index (κ2) is 8.22. The Labute approximate surface area is 201 Å². The number of aliphatic hydroxyl groups excluding tert-OH is 1. The van der Waals surface area contributed by atoms with E-state index in [2.05, 4.69) is 48.5 Å². The summed E-state index contributed by atoms with van der Waals surface area (Å²) in [5.74, 6) is 2.08. The molecule has 0 amide bonds. The van der Waals surface area contributed by atoms with Gasteiger partial charge in [0.2, 0.25) is 0 Å². The zero-order valence-corrected chi connectivity index (χ0v) is 22.2. The molecular formula is C29H50O4. The Balaban J connectivity index is 1.72. The molecule has 0 saturated heterocycles. The van der Waals surface area contributed by atoms with Crippen molar-refractivity contribution in [2.24, 2.45) is 57.7 Å². The number of aliphatic carboxylic acids is 1. The molecule has 0 heterocycles. The van der Waals surface area contributed by atoms with Gasteiger partial charge in [-0.15, -0.1) is 0 Å². The maximum atomic E-state index is 12.5. The second-order valence-electron chi connectivity index (χ2n) is 14.5. The van der Waals surface area contributed by atoms with E-state index in [9.17, 15) is 20.1 Å². The number of carboxylic acids is 1. The highest BCUT2D eigenvalue weighted by molar-refractivity contribution is 5.66. The summed E-state index contributed by atoms with van der Waals surface area (Å²) < 4.78 is 0. The lowest BCUT2D eigenvalue weighted by molar-refractivity contribution is -0.264. The number of fused-ring (bicyclic) bond motifs is 5. The molecule has 3 N–H and O–H groups in total. The fourth-order valence-corrected chi connectivity index (χ4v) is 10.6. The largest absolute Gasteiger partial charge is 0.481 e. The molecule has 0 aromatic carbocycles. The summed E-state index contributed by atoms with van der Waals surface area (Å²) in [5, 5.41) is 32.4. The molecule has 4 fully saturated rings. The molecule has 11 atom stereocenters. The first kappa shape index (κ1) is 25.5. The van der Waals surface area contributed by atoms with Gasteiger partial charge < -0.3 is 15.3 Å². The predicted octanol–water partition coefficient (Wildman–Crippen LogP) is 6.14. The molecule has 4 unspecified atom stereocenters. The van der Waals surface area contributed by atoms with E-state index in [4.69, 9.17) is 0 Å². The topological polar surface area (TPSA) is 77.8 Å². The number of rotatable bonds is 4. The van der Waals surface area contributed by atoms with Gasteiger partial charge in [0.15, 0.2) is 0 Å². The molecular weight excluding hydrogens is 412 g/mol. The third-order valence-electron chi connectivity index (χ3n) is 11.7. The van der Waals surface area contributed by atoms with Gasteiger partial charge in [-0.2, -0.15) is 0 Å². The van der Waals surface area contributed by atoms with Crippen LogP contribution in [0.25, 0.3) is 0 Å². The lowest BCUT2D eigenvalue weighted by Gasteiger charge is -2.69. The number of aliphatic hydroxyl groups is 2. The Morgan fingerprint density at radius 2 is 1.58 bits per heavy atom. The van der Waals surface area contributed by atoms with E-state index in [0.29, 0.717) is 29.6 Å². The van der Waals surface area contributed by atoms with Gasteiger partial charge in [-0.05, 0) is 116 Å². The van der Waals surface area contributed by atoms with E-state index in [1.165, 1.54) is 12.8 Å². The SMILES string of the molecule is C[C@H](CCC(=O)O)[C@H]1CCC2C3C(CC[C@@]21C)[C@@]1(C)CC[C@@H](O)C[C@H]1[C@@H](C(C)(C)C)C3(C)O. The minimum Gasteiger partial charge on any atom is -0.481 e. The fraction of sp³-hybridized carbons (Fsp3) is 0.966. The van der Waals surface area contributed by atoms with E-state index < -0.39 is 11.6 Å². The van der Waals surface area contributed by atoms with Crippen LogP contribution in [0.1, 0.15) is 106 Å². The van der Waals surface area contributed by atoms with Crippen molar-refractivity contribution in [2.75, 3.05) is 0 Å². The van der Waals surface area contributed by atoms with E-state index in [1.54, 1.807) is 0 Å². The van der Waals surface area contributed by atoms with Crippen LogP contribution in [0.3, 0.4) is 0 Å². The Morgan fingerprint density at radius 3 is 2.18 bits per heavy atom. The van der Waals surface area contributed by atoms with Crippen LogP contribution in [0.2, 0.25) is 0 Å². The van der Waals surface area contributed by atoms with Crippen molar-refractivity contribution in [1.29, 1.82) is 0 Å². The average Bonchev–Trinajstić information content (AvgIpc) is 3.03. The normalized spacial score (nSPS) is 50.8. The molecule has 4 aliphatic rings. The molecule has 0 bridgehead atoms. The zero-order valence-electron chi connectivity index (χ0n) is 22.2. The summed E-state index contributed by atoms with van der Waals surface area (Å²) in [7, 11) is 0. The first-order valence-electron chi connectivity index (χ1n) is 13.8. The van der Waals surface area contributed by atoms with Crippen molar-refractivity contribution in [2.45, 2.75) is 118 Å². The van der Waals surface area contributed by atoms with Crippen LogP contribution < -0.4 is 0 Å². The number of carbonyl (C=O) groups is 1. The molecule has 33 heavy (non-hydrogen) atoms. The molecule has 4 rings (SSSR count). The Bertz CT molecular complexity index is 753. The van der Waals surface area contributed by atoms with E-state index in [-0.39, 0.29) is 40.6 Å². The highest BCUT2D eigenvalue weighted by atomic mass is 16.4. The van der Waals surface area contributed by atoms with Gasteiger partial charge >= 0.3 is 5.97 Å². The molecule has 4 nitrogen and oxygen atoms in total. The standard InChI is InChI=1S/C29H50O4/c1-17(8-11-23(31)32)19-9-10-20-24-21(13-15-27(19,20)5)28(6)14-12-18(30)16-22(28)25(26(2,3)4)29(24,7)33/h17-22,24-25,30,33H,8-16H2,1-7H3,(H,31,32)/t17-,18-,19-,20?,21?,22+,24?,25+,27-,28-,29?/m1/s1. The summed E-state index contributed by atoms with van der Waals surface area (Å²) in [6.07, 6.45) is 8.27. The zero-order chi connectivity index (χ0) is 24.6. The third kappa shape index (κ3) is 3.90.